The summed E-state index contributed by atoms with van der Waals surface area (Å²) in [6.07, 6.45) is 1.97. The second kappa shape index (κ2) is 5.94. The van der Waals surface area contributed by atoms with Crippen molar-refractivity contribution in [3.63, 3.8) is 0 Å². The van der Waals surface area contributed by atoms with E-state index in [1.54, 1.807) is 29.1 Å². The van der Waals surface area contributed by atoms with E-state index in [1.807, 2.05) is 42.5 Å². The first-order chi connectivity index (χ1) is 10.2. The van der Waals surface area contributed by atoms with Gasteiger partial charge in [0.1, 0.15) is 5.69 Å². The van der Waals surface area contributed by atoms with Gasteiger partial charge in [0.25, 0.3) is 0 Å². The maximum atomic E-state index is 12.5. The number of benzene rings is 2. The van der Waals surface area contributed by atoms with Crippen LogP contribution in [0.25, 0.3) is 5.69 Å². The predicted molar refractivity (Wildman–Crippen MR) is 83.1 cm³/mol. The van der Waals surface area contributed by atoms with Crippen molar-refractivity contribution in [3.05, 3.63) is 83.1 Å². The highest BCUT2D eigenvalue weighted by Crippen LogP contribution is 2.14. The Labute approximate surface area is 127 Å². The SMILES string of the molecule is O=C(Cc1ccc(Cl)cc1)c1ccnn1-c1ccccc1. The number of Topliss-reactive ketones (excluding diaryl/α,β-unsaturated/α-hetero) is 1. The lowest BCUT2D eigenvalue weighted by molar-refractivity contribution is 0.0985. The average Bonchev–Trinajstić information content (AvgIpc) is 3.00. The summed E-state index contributed by atoms with van der Waals surface area (Å²) in [5, 5.41) is 4.91. The van der Waals surface area contributed by atoms with E-state index < -0.39 is 0 Å². The smallest absolute Gasteiger partial charge is 0.185 e. The maximum Gasteiger partial charge on any atom is 0.185 e. The van der Waals surface area contributed by atoms with Gasteiger partial charge < -0.3 is 0 Å². The van der Waals surface area contributed by atoms with E-state index in [1.165, 1.54) is 0 Å². The van der Waals surface area contributed by atoms with Crippen LogP contribution in [0.15, 0.2) is 66.9 Å². The van der Waals surface area contributed by atoms with Crippen molar-refractivity contribution >= 4 is 17.4 Å². The quantitative estimate of drug-likeness (QED) is 0.683. The number of para-hydroxylation sites is 1. The highest BCUT2D eigenvalue weighted by atomic mass is 35.5. The highest BCUT2D eigenvalue weighted by molar-refractivity contribution is 6.30. The number of hydrogen-bond acceptors (Lipinski definition) is 2. The van der Waals surface area contributed by atoms with Crippen LogP contribution < -0.4 is 0 Å². The molecule has 0 spiro atoms. The molecule has 0 saturated heterocycles. The summed E-state index contributed by atoms with van der Waals surface area (Å²) in [4.78, 5) is 12.5. The van der Waals surface area contributed by atoms with Gasteiger partial charge in [-0.25, -0.2) is 4.68 Å². The van der Waals surface area contributed by atoms with E-state index >= 15 is 0 Å². The molecule has 3 rings (SSSR count). The molecule has 0 unspecified atom stereocenters. The molecule has 21 heavy (non-hydrogen) atoms. The molecule has 3 nitrogen and oxygen atoms in total. The second-order valence-electron chi connectivity index (χ2n) is 4.69. The molecule has 104 valence electrons. The van der Waals surface area contributed by atoms with Gasteiger partial charge >= 0.3 is 0 Å². The monoisotopic (exact) mass is 296 g/mol. The summed E-state index contributed by atoms with van der Waals surface area (Å²) in [5.41, 5.74) is 2.39. The zero-order valence-electron chi connectivity index (χ0n) is 11.2. The fourth-order valence-corrected chi connectivity index (χ4v) is 2.29. The molecule has 1 heterocycles. The summed E-state index contributed by atoms with van der Waals surface area (Å²) in [6.45, 7) is 0. The van der Waals surface area contributed by atoms with Crippen LogP contribution >= 0.6 is 11.6 Å². The van der Waals surface area contributed by atoms with Crippen molar-refractivity contribution in [2.75, 3.05) is 0 Å². The van der Waals surface area contributed by atoms with Crippen molar-refractivity contribution in [2.45, 2.75) is 6.42 Å². The fraction of sp³-hybridized carbons (Fsp3) is 0.0588. The number of carbonyl (C=O) groups is 1. The lowest BCUT2D eigenvalue weighted by Crippen LogP contribution is -2.11. The van der Waals surface area contributed by atoms with Crippen LogP contribution in [0.2, 0.25) is 5.02 Å². The molecule has 3 aromatic rings. The van der Waals surface area contributed by atoms with Crippen molar-refractivity contribution in [1.29, 1.82) is 0 Å². The second-order valence-corrected chi connectivity index (χ2v) is 5.13. The van der Waals surface area contributed by atoms with Crippen molar-refractivity contribution < 1.29 is 4.79 Å². The van der Waals surface area contributed by atoms with Crippen LogP contribution in [-0.4, -0.2) is 15.6 Å². The zero-order valence-corrected chi connectivity index (χ0v) is 12.0. The molecule has 0 aliphatic heterocycles. The number of halogens is 1. The van der Waals surface area contributed by atoms with Gasteiger partial charge in [-0.2, -0.15) is 5.10 Å². The summed E-state index contributed by atoms with van der Waals surface area (Å²) < 4.78 is 1.66. The Morgan fingerprint density at radius 2 is 1.71 bits per heavy atom. The van der Waals surface area contributed by atoms with Gasteiger partial charge in [-0.1, -0.05) is 41.9 Å². The Morgan fingerprint density at radius 1 is 1.00 bits per heavy atom. The molecule has 0 aliphatic rings. The molecule has 2 aromatic carbocycles. The van der Waals surface area contributed by atoms with Crippen molar-refractivity contribution in [2.24, 2.45) is 0 Å². The predicted octanol–water partition coefficient (Wildman–Crippen LogP) is 3.95. The number of aromatic nitrogens is 2. The Morgan fingerprint density at radius 3 is 2.43 bits per heavy atom. The minimum Gasteiger partial charge on any atom is -0.292 e. The molecule has 0 aliphatic carbocycles. The number of ketones is 1. The van der Waals surface area contributed by atoms with E-state index in [2.05, 4.69) is 5.10 Å². The van der Waals surface area contributed by atoms with Crippen molar-refractivity contribution in [1.82, 2.24) is 9.78 Å². The summed E-state index contributed by atoms with van der Waals surface area (Å²) in [6, 6.07) is 18.7. The topological polar surface area (TPSA) is 34.9 Å². The van der Waals surface area contributed by atoms with E-state index in [4.69, 9.17) is 11.6 Å². The number of rotatable bonds is 4. The molecule has 0 atom stereocenters. The van der Waals surface area contributed by atoms with E-state index in [0.717, 1.165) is 11.3 Å². The Bertz CT molecular complexity index is 748. The molecule has 0 N–H and O–H groups in total. The summed E-state index contributed by atoms with van der Waals surface area (Å²) in [5.74, 6) is 0.0266. The van der Waals surface area contributed by atoms with Gasteiger partial charge in [0.2, 0.25) is 0 Å². The summed E-state index contributed by atoms with van der Waals surface area (Å²) in [7, 11) is 0. The minimum absolute atomic E-state index is 0.0266. The highest BCUT2D eigenvalue weighted by Gasteiger charge is 2.13. The van der Waals surface area contributed by atoms with Crippen LogP contribution in [0.1, 0.15) is 16.1 Å². The van der Waals surface area contributed by atoms with Crippen LogP contribution in [0.5, 0.6) is 0 Å². The first kappa shape index (κ1) is 13.6. The molecule has 0 saturated carbocycles. The van der Waals surface area contributed by atoms with Crippen LogP contribution in [0.3, 0.4) is 0 Å². The zero-order chi connectivity index (χ0) is 14.7. The fourth-order valence-electron chi connectivity index (χ4n) is 2.17. The third-order valence-electron chi connectivity index (χ3n) is 3.21. The Kier molecular flexibility index (Phi) is 3.84. The molecular formula is C17H13ClN2O. The number of nitrogens with zero attached hydrogens (tertiary/aromatic N) is 2. The van der Waals surface area contributed by atoms with Gasteiger partial charge in [0.05, 0.1) is 11.9 Å². The van der Waals surface area contributed by atoms with Gasteiger partial charge in [-0.3, -0.25) is 4.79 Å². The third kappa shape index (κ3) is 3.03. The lowest BCUT2D eigenvalue weighted by atomic mass is 10.1. The molecular weight excluding hydrogens is 284 g/mol. The maximum absolute atomic E-state index is 12.5. The number of carbonyl (C=O) groups excluding carboxylic acids is 1. The largest absolute Gasteiger partial charge is 0.292 e. The minimum atomic E-state index is 0.0266. The van der Waals surface area contributed by atoms with Crippen LogP contribution in [0, 0.1) is 0 Å². The van der Waals surface area contributed by atoms with Crippen LogP contribution in [-0.2, 0) is 6.42 Å². The lowest BCUT2D eigenvalue weighted by Gasteiger charge is -2.06. The first-order valence-electron chi connectivity index (χ1n) is 6.61. The Balaban J connectivity index is 1.86. The molecule has 1 aromatic heterocycles. The normalized spacial score (nSPS) is 10.5. The third-order valence-corrected chi connectivity index (χ3v) is 3.46. The average molecular weight is 297 g/mol. The Hall–Kier alpha value is -2.39. The standard InChI is InChI=1S/C17H13ClN2O/c18-14-8-6-13(7-9-14)12-17(21)16-10-11-19-20(16)15-4-2-1-3-5-15/h1-11H,12H2. The first-order valence-corrected chi connectivity index (χ1v) is 6.99. The van der Waals surface area contributed by atoms with Gasteiger partial charge in [-0.05, 0) is 35.9 Å². The van der Waals surface area contributed by atoms with Crippen molar-refractivity contribution in [3.8, 4) is 5.69 Å². The number of hydrogen-bond donors (Lipinski definition) is 0. The molecule has 0 bridgehead atoms. The summed E-state index contributed by atoms with van der Waals surface area (Å²) >= 11 is 5.85. The molecule has 0 amide bonds. The van der Waals surface area contributed by atoms with E-state index in [-0.39, 0.29) is 5.78 Å². The van der Waals surface area contributed by atoms with E-state index in [9.17, 15) is 4.79 Å². The van der Waals surface area contributed by atoms with Gasteiger partial charge in [0, 0.05) is 11.4 Å². The van der Waals surface area contributed by atoms with E-state index in [0.29, 0.717) is 17.1 Å². The van der Waals surface area contributed by atoms with Crippen LogP contribution in [0.4, 0.5) is 0 Å². The van der Waals surface area contributed by atoms with Gasteiger partial charge in [0.15, 0.2) is 5.78 Å². The molecule has 0 radical (unpaired) electrons. The van der Waals surface area contributed by atoms with Gasteiger partial charge in [-0.15, -0.1) is 0 Å². The molecule has 4 heteroatoms. The molecule has 0 fully saturated rings.